The topological polar surface area (TPSA) is 15.3 Å². The van der Waals surface area contributed by atoms with E-state index in [1.165, 1.54) is 45.2 Å². The van der Waals surface area contributed by atoms with Crippen molar-refractivity contribution in [2.75, 3.05) is 19.6 Å². The number of nitrogens with one attached hydrogen (secondary N) is 1. The Morgan fingerprint density at radius 2 is 1.94 bits per heavy atom. The van der Waals surface area contributed by atoms with Gasteiger partial charge < -0.3 is 5.32 Å². The van der Waals surface area contributed by atoms with Crippen LogP contribution < -0.4 is 5.32 Å². The van der Waals surface area contributed by atoms with E-state index in [1.807, 2.05) is 0 Å². The van der Waals surface area contributed by atoms with Crippen LogP contribution in [0.4, 0.5) is 0 Å². The molecule has 1 rings (SSSR count). The molecule has 1 N–H and O–H groups in total. The molecule has 0 spiro atoms. The van der Waals surface area contributed by atoms with Crippen molar-refractivity contribution in [1.29, 1.82) is 0 Å². The van der Waals surface area contributed by atoms with Gasteiger partial charge in [0.1, 0.15) is 0 Å². The van der Waals surface area contributed by atoms with Gasteiger partial charge in [-0.25, -0.2) is 0 Å². The predicted molar refractivity (Wildman–Crippen MR) is 76.4 cm³/mol. The lowest BCUT2D eigenvalue weighted by Gasteiger charge is -2.37. The maximum Gasteiger partial charge on any atom is 0.0192 e. The molecule has 1 aliphatic rings. The first kappa shape index (κ1) is 15.0. The molecule has 0 radical (unpaired) electrons. The molecule has 0 amide bonds. The lowest BCUT2D eigenvalue weighted by atomic mass is 9.94. The van der Waals surface area contributed by atoms with Gasteiger partial charge in [-0.2, -0.15) is 0 Å². The minimum absolute atomic E-state index is 0.699. The molecule has 0 saturated carbocycles. The van der Waals surface area contributed by atoms with Crippen molar-refractivity contribution in [2.45, 2.75) is 71.9 Å². The third kappa shape index (κ3) is 4.97. The van der Waals surface area contributed by atoms with Gasteiger partial charge in [0.05, 0.1) is 0 Å². The second kappa shape index (κ2) is 8.10. The van der Waals surface area contributed by atoms with Crippen molar-refractivity contribution < 1.29 is 0 Å². The van der Waals surface area contributed by atoms with Crippen LogP contribution in [0.2, 0.25) is 0 Å². The van der Waals surface area contributed by atoms with Crippen LogP contribution in [0.3, 0.4) is 0 Å². The normalized spacial score (nSPS) is 24.2. The summed E-state index contributed by atoms with van der Waals surface area (Å²) in [6, 6.07) is 1.41. The molecule has 17 heavy (non-hydrogen) atoms. The maximum atomic E-state index is 3.71. The van der Waals surface area contributed by atoms with Crippen molar-refractivity contribution in [2.24, 2.45) is 5.92 Å². The zero-order valence-corrected chi connectivity index (χ0v) is 12.3. The summed E-state index contributed by atoms with van der Waals surface area (Å²) in [5.41, 5.74) is 0. The molecule has 2 heteroatoms. The highest BCUT2D eigenvalue weighted by Gasteiger charge is 2.22. The summed E-state index contributed by atoms with van der Waals surface area (Å²) in [6.07, 6.45) is 6.69. The number of rotatable bonds is 7. The van der Waals surface area contributed by atoms with Crippen molar-refractivity contribution in [3.8, 4) is 0 Å². The number of hydrogen-bond acceptors (Lipinski definition) is 2. The summed E-state index contributed by atoms with van der Waals surface area (Å²) in [7, 11) is 0. The molecule has 0 bridgehead atoms. The summed E-state index contributed by atoms with van der Waals surface area (Å²) in [4.78, 5) is 2.69. The second-order valence-corrected chi connectivity index (χ2v) is 5.68. The second-order valence-electron chi connectivity index (χ2n) is 5.68. The summed E-state index contributed by atoms with van der Waals surface area (Å²) in [5.74, 6) is 0.944. The lowest BCUT2D eigenvalue weighted by Crippen LogP contribution is -2.47. The van der Waals surface area contributed by atoms with E-state index in [4.69, 9.17) is 0 Å². The molecule has 1 fully saturated rings. The smallest absolute Gasteiger partial charge is 0.0192 e. The molecule has 2 unspecified atom stereocenters. The highest BCUT2D eigenvalue weighted by Crippen LogP contribution is 2.20. The van der Waals surface area contributed by atoms with Gasteiger partial charge in [-0.05, 0) is 45.1 Å². The van der Waals surface area contributed by atoms with Crippen molar-refractivity contribution in [1.82, 2.24) is 10.2 Å². The van der Waals surface area contributed by atoms with E-state index in [0.29, 0.717) is 12.1 Å². The van der Waals surface area contributed by atoms with Crippen LogP contribution in [0.1, 0.15) is 59.8 Å². The molecule has 0 aliphatic carbocycles. The Hall–Kier alpha value is -0.0800. The molecule has 102 valence electrons. The fourth-order valence-corrected chi connectivity index (χ4v) is 2.87. The zero-order valence-electron chi connectivity index (χ0n) is 12.3. The molecule has 2 nitrogen and oxygen atoms in total. The van der Waals surface area contributed by atoms with Crippen LogP contribution in [0.5, 0.6) is 0 Å². The summed E-state index contributed by atoms with van der Waals surface area (Å²) >= 11 is 0. The summed E-state index contributed by atoms with van der Waals surface area (Å²) in [5, 5.41) is 3.71. The largest absolute Gasteiger partial charge is 0.312 e. The van der Waals surface area contributed by atoms with Gasteiger partial charge in [0.15, 0.2) is 0 Å². The maximum absolute atomic E-state index is 3.71. The monoisotopic (exact) mass is 240 g/mol. The first-order valence-corrected chi connectivity index (χ1v) is 7.68. The third-order valence-electron chi connectivity index (χ3n) is 4.44. The van der Waals surface area contributed by atoms with Crippen molar-refractivity contribution >= 4 is 0 Å². The van der Waals surface area contributed by atoms with Gasteiger partial charge in [-0.3, -0.25) is 4.90 Å². The Balaban J connectivity index is 2.28. The van der Waals surface area contributed by atoms with Crippen LogP contribution in [0.15, 0.2) is 0 Å². The first-order valence-electron chi connectivity index (χ1n) is 7.68. The molecule has 1 heterocycles. The van der Waals surface area contributed by atoms with Crippen molar-refractivity contribution in [3.05, 3.63) is 0 Å². The minimum atomic E-state index is 0.699. The third-order valence-corrected chi connectivity index (χ3v) is 4.44. The van der Waals surface area contributed by atoms with Gasteiger partial charge in [0, 0.05) is 25.2 Å². The van der Waals surface area contributed by atoms with E-state index < -0.39 is 0 Å². The minimum Gasteiger partial charge on any atom is -0.312 e. The number of hydrogen-bond donors (Lipinski definition) is 1. The Bertz CT molecular complexity index is 189. The molecular weight excluding hydrogens is 208 g/mol. The van der Waals surface area contributed by atoms with E-state index in [-0.39, 0.29) is 0 Å². The molecule has 1 saturated heterocycles. The highest BCUT2D eigenvalue weighted by atomic mass is 15.2. The van der Waals surface area contributed by atoms with Gasteiger partial charge >= 0.3 is 0 Å². The van der Waals surface area contributed by atoms with Crippen molar-refractivity contribution in [3.63, 3.8) is 0 Å². The van der Waals surface area contributed by atoms with Gasteiger partial charge in [0.2, 0.25) is 0 Å². The Kier molecular flexibility index (Phi) is 7.14. The molecule has 1 aliphatic heterocycles. The molecule has 0 aromatic rings. The Morgan fingerprint density at radius 1 is 1.24 bits per heavy atom. The van der Waals surface area contributed by atoms with E-state index in [0.717, 1.165) is 12.5 Å². The van der Waals surface area contributed by atoms with Gasteiger partial charge in [-0.1, -0.05) is 27.2 Å². The van der Waals surface area contributed by atoms with Crippen LogP contribution in [0.25, 0.3) is 0 Å². The van der Waals surface area contributed by atoms with E-state index in [9.17, 15) is 0 Å². The van der Waals surface area contributed by atoms with Crippen LogP contribution in [-0.4, -0.2) is 36.6 Å². The van der Waals surface area contributed by atoms with Crippen LogP contribution >= 0.6 is 0 Å². The lowest BCUT2D eigenvalue weighted by molar-refractivity contribution is 0.125. The Labute approximate surface area is 108 Å². The van der Waals surface area contributed by atoms with E-state index in [1.54, 1.807) is 0 Å². The number of nitrogens with zero attached hydrogens (tertiary/aromatic N) is 1. The van der Waals surface area contributed by atoms with Crippen LogP contribution in [-0.2, 0) is 0 Å². The molecule has 0 aromatic carbocycles. The number of likely N-dealkylation sites (tertiary alicyclic amines) is 1. The average Bonchev–Trinajstić information content (AvgIpc) is 2.39. The van der Waals surface area contributed by atoms with E-state index >= 15 is 0 Å². The van der Waals surface area contributed by atoms with Crippen LogP contribution in [0, 0.1) is 5.92 Å². The van der Waals surface area contributed by atoms with Gasteiger partial charge in [-0.15, -0.1) is 0 Å². The predicted octanol–water partition coefficient (Wildman–Crippen LogP) is 3.28. The van der Waals surface area contributed by atoms with Gasteiger partial charge in [0.25, 0.3) is 0 Å². The fraction of sp³-hybridized carbons (Fsp3) is 1.00. The fourth-order valence-electron chi connectivity index (χ4n) is 2.87. The molecule has 2 atom stereocenters. The SMILES string of the molecule is CCC1CCCN(C(C)CNC(CC)CC)C1. The number of piperidine rings is 1. The highest BCUT2D eigenvalue weighted by molar-refractivity contribution is 4.78. The quantitative estimate of drug-likeness (QED) is 0.735. The summed E-state index contributed by atoms with van der Waals surface area (Å²) in [6.45, 7) is 13.1. The molecular formula is C15H32N2. The Morgan fingerprint density at radius 3 is 2.53 bits per heavy atom. The summed E-state index contributed by atoms with van der Waals surface area (Å²) < 4.78 is 0. The average molecular weight is 240 g/mol. The first-order chi connectivity index (χ1) is 8.21. The zero-order chi connectivity index (χ0) is 12.7. The standard InChI is InChI=1S/C15H32N2/c1-5-14-9-8-10-17(12-14)13(4)11-16-15(6-2)7-3/h13-16H,5-12H2,1-4H3. The molecule has 0 aromatic heterocycles. The van der Waals surface area contributed by atoms with E-state index in [2.05, 4.69) is 37.9 Å².